The van der Waals surface area contributed by atoms with Gasteiger partial charge in [-0.1, -0.05) is 0 Å². The fraction of sp³-hybridized carbons (Fsp3) is 0.800. The number of carbonyl (C=O) groups excluding carboxylic acids is 2. The Morgan fingerprint density at radius 1 is 1.06 bits per heavy atom. The Morgan fingerprint density at radius 2 is 1.25 bits per heavy atom. The number of rotatable bonds is 2. The predicted molar refractivity (Wildman–Crippen MR) is 56.3 cm³/mol. The van der Waals surface area contributed by atoms with Crippen LogP contribution in [-0.4, -0.2) is 35.9 Å². The van der Waals surface area contributed by atoms with Crippen LogP contribution in [0.2, 0.25) is 0 Å². The Kier molecular flexibility index (Phi) is 16.3. The van der Waals surface area contributed by atoms with E-state index in [0.717, 1.165) is 0 Å². The molecular weight excluding hydrogens is 239 g/mol. The molecule has 0 aliphatic rings. The monoisotopic (exact) mass is 260 g/mol. The van der Waals surface area contributed by atoms with Crippen LogP contribution in [0.3, 0.4) is 0 Å². The average Bonchev–Trinajstić information content (AvgIpc) is 2.02. The van der Waals surface area contributed by atoms with E-state index in [4.69, 9.17) is 5.11 Å². The van der Waals surface area contributed by atoms with Gasteiger partial charge in [0.15, 0.2) is 0 Å². The molecule has 6 heteroatoms. The summed E-state index contributed by atoms with van der Waals surface area (Å²) in [4.78, 5) is 20.9. The molecule has 5 nitrogen and oxygen atoms in total. The SMILES string of the molecule is CC(C)(C)O.CCOC(=O)C(=O)OCC.[H-].[K+]. The van der Waals surface area contributed by atoms with Crippen molar-refractivity contribution in [2.45, 2.75) is 40.2 Å². The van der Waals surface area contributed by atoms with Crippen molar-refractivity contribution in [2.24, 2.45) is 0 Å². The number of ether oxygens (including phenoxy) is 2. The molecule has 0 saturated heterocycles. The third-order valence-electron chi connectivity index (χ3n) is 0.718. The van der Waals surface area contributed by atoms with Crippen LogP contribution >= 0.6 is 0 Å². The Morgan fingerprint density at radius 3 is 1.38 bits per heavy atom. The summed E-state index contributed by atoms with van der Waals surface area (Å²) in [6.45, 7) is 8.86. The summed E-state index contributed by atoms with van der Waals surface area (Å²) in [5.41, 5.74) is -0.500. The molecule has 0 heterocycles. The molecule has 0 bridgehead atoms. The summed E-state index contributed by atoms with van der Waals surface area (Å²) in [5.74, 6) is -1.85. The topological polar surface area (TPSA) is 72.8 Å². The summed E-state index contributed by atoms with van der Waals surface area (Å²) in [5, 5.41) is 8.52. The Hall–Kier alpha value is 0.536. The van der Waals surface area contributed by atoms with Crippen LogP contribution in [0.5, 0.6) is 0 Å². The number of esters is 2. The van der Waals surface area contributed by atoms with Crippen LogP contribution in [0.15, 0.2) is 0 Å². The van der Waals surface area contributed by atoms with Crippen molar-refractivity contribution in [1.82, 2.24) is 0 Å². The average molecular weight is 260 g/mol. The van der Waals surface area contributed by atoms with E-state index in [2.05, 4.69) is 9.47 Å². The number of hydrogen-bond acceptors (Lipinski definition) is 5. The minimum Gasteiger partial charge on any atom is -1.00 e. The van der Waals surface area contributed by atoms with E-state index in [1.165, 1.54) is 0 Å². The molecule has 0 aliphatic carbocycles. The van der Waals surface area contributed by atoms with Gasteiger partial charge in [0, 0.05) is 0 Å². The van der Waals surface area contributed by atoms with Gasteiger partial charge >= 0.3 is 63.3 Å². The van der Waals surface area contributed by atoms with E-state index in [0.29, 0.717) is 0 Å². The quantitative estimate of drug-likeness (QED) is 0.353. The molecule has 0 fully saturated rings. The minimum atomic E-state index is -0.927. The smallest absolute Gasteiger partial charge is 1.00 e. The largest absolute Gasteiger partial charge is 1.00 e. The third-order valence-corrected chi connectivity index (χ3v) is 0.718. The number of hydrogen-bond donors (Lipinski definition) is 1. The van der Waals surface area contributed by atoms with Gasteiger partial charge in [0.2, 0.25) is 0 Å². The van der Waals surface area contributed by atoms with Crippen molar-refractivity contribution < 1.29 is 77.0 Å². The van der Waals surface area contributed by atoms with Crippen LogP contribution in [0.25, 0.3) is 0 Å². The summed E-state index contributed by atoms with van der Waals surface area (Å²) in [6.07, 6.45) is 0. The van der Waals surface area contributed by atoms with E-state index < -0.39 is 17.5 Å². The molecule has 0 aliphatic heterocycles. The zero-order valence-electron chi connectivity index (χ0n) is 12.0. The van der Waals surface area contributed by atoms with E-state index in [1.54, 1.807) is 34.6 Å². The third kappa shape index (κ3) is 24.0. The van der Waals surface area contributed by atoms with Gasteiger partial charge in [-0.3, -0.25) is 0 Å². The zero-order chi connectivity index (χ0) is 12.5. The van der Waals surface area contributed by atoms with E-state index >= 15 is 0 Å². The standard InChI is InChI=1S/C6H10O4.C4H10O.K.H/c1-3-9-5(7)6(8)10-4-2;1-4(2,3)5;;/h3-4H2,1-2H3;5H,1-3H3;;/q;;+1;-1. The second kappa shape index (κ2) is 12.0. The van der Waals surface area contributed by atoms with Crippen molar-refractivity contribution in [2.75, 3.05) is 13.2 Å². The van der Waals surface area contributed by atoms with Crippen molar-refractivity contribution in [3.63, 3.8) is 0 Å². The first-order chi connectivity index (χ1) is 6.72. The van der Waals surface area contributed by atoms with Crippen LogP contribution in [0, 0.1) is 0 Å². The molecule has 0 atom stereocenters. The second-order valence-corrected chi connectivity index (χ2v) is 3.61. The van der Waals surface area contributed by atoms with Gasteiger partial charge in [0.05, 0.1) is 18.8 Å². The van der Waals surface area contributed by atoms with E-state index in [9.17, 15) is 9.59 Å². The van der Waals surface area contributed by atoms with Crippen LogP contribution in [0.1, 0.15) is 36.0 Å². The summed E-state index contributed by atoms with van der Waals surface area (Å²) < 4.78 is 8.69. The van der Waals surface area contributed by atoms with Gasteiger partial charge in [-0.05, 0) is 34.6 Å². The van der Waals surface area contributed by atoms with Gasteiger partial charge in [0.25, 0.3) is 0 Å². The molecular formula is C10H21KO5. The minimum absolute atomic E-state index is 0. The van der Waals surface area contributed by atoms with Gasteiger partial charge in [-0.15, -0.1) is 0 Å². The Bertz CT molecular complexity index is 181. The van der Waals surface area contributed by atoms with Crippen LogP contribution < -0.4 is 51.4 Å². The molecule has 0 saturated carbocycles. The van der Waals surface area contributed by atoms with Gasteiger partial charge in [-0.2, -0.15) is 0 Å². The molecule has 0 aromatic rings. The van der Waals surface area contributed by atoms with Gasteiger partial charge in [-0.25, -0.2) is 9.59 Å². The maximum Gasteiger partial charge on any atom is 1.00 e. The zero-order valence-corrected chi connectivity index (χ0v) is 14.1. The molecule has 92 valence electrons. The maximum absolute atomic E-state index is 10.4. The van der Waals surface area contributed by atoms with Crippen molar-refractivity contribution in [3.8, 4) is 0 Å². The van der Waals surface area contributed by atoms with Gasteiger partial charge < -0.3 is 16.0 Å². The molecule has 1 N–H and O–H groups in total. The first-order valence-corrected chi connectivity index (χ1v) is 4.78. The van der Waals surface area contributed by atoms with E-state index in [1.807, 2.05) is 0 Å². The molecule has 0 amide bonds. The number of carbonyl (C=O) groups is 2. The van der Waals surface area contributed by atoms with Crippen molar-refractivity contribution >= 4 is 11.9 Å². The van der Waals surface area contributed by atoms with Crippen LogP contribution in [0.4, 0.5) is 0 Å². The maximum atomic E-state index is 10.4. The van der Waals surface area contributed by atoms with Gasteiger partial charge in [0.1, 0.15) is 0 Å². The second-order valence-electron chi connectivity index (χ2n) is 3.61. The van der Waals surface area contributed by atoms with Crippen molar-refractivity contribution in [3.05, 3.63) is 0 Å². The summed E-state index contributed by atoms with van der Waals surface area (Å²) in [6, 6.07) is 0. The normalized spacial score (nSPS) is 9.12. The predicted octanol–water partition coefficient (Wildman–Crippen LogP) is -1.99. The Labute approximate surface area is 141 Å². The molecule has 0 aromatic heterocycles. The molecule has 0 aromatic carbocycles. The molecule has 0 radical (unpaired) electrons. The molecule has 0 unspecified atom stereocenters. The molecule has 0 rings (SSSR count). The first-order valence-electron chi connectivity index (χ1n) is 4.78. The summed E-state index contributed by atoms with van der Waals surface area (Å²) in [7, 11) is 0. The first kappa shape index (κ1) is 21.8. The van der Waals surface area contributed by atoms with Crippen LogP contribution in [-0.2, 0) is 19.1 Å². The fourth-order valence-electron chi connectivity index (χ4n) is 0.380. The molecule has 16 heavy (non-hydrogen) atoms. The van der Waals surface area contributed by atoms with E-state index in [-0.39, 0.29) is 66.0 Å². The molecule has 0 spiro atoms. The number of aliphatic hydroxyl groups is 1. The fourth-order valence-corrected chi connectivity index (χ4v) is 0.380. The Balaban J connectivity index is -0.000000105. The summed E-state index contributed by atoms with van der Waals surface area (Å²) >= 11 is 0. The van der Waals surface area contributed by atoms with Crippen molar-refractivity contribution in [1.29, 1.82) is 0 Å².